The number of piperidine rings is 1. The molecule has 0 radical (unpaired) electrons. The minimum Gasteiger partial charge on any atom is -0.384 e. The molecule has 1 saturated carbocycles. The monoisotopic (exact) mass is 434 g/mol. The molecule has 2 aliphatic rings. The van der Waals surface area contributed by atoms with Gasteiger partial charge in [0.1, 0.15) is 10.2 Å². The van der Waals surface area contributed by atoms with Gasteiger partial charge in [-0.25, -0.2) is 4.98 Å². The number of aliphatic hydroxyl groups is 1. The van der Waals surface area contributed by atoms with Crippen molar-refractivity contribution in [2.45, 2.75) is 44.1 Å². The zero-order valence-corrected chi connectivity index (χ0v) is 17.1. The topological polar surface area (TPSA) is 53.4 Å². The highest BCUT2D eigenvalue weighted by molar-refractivity contribution is 9.10. The van der Waals surface area contributed by atoms with Gasteiger partial charge in [0.15, 0.2) is 0 Å². The molecule has 0 unspecified atom stereocenters. The molecule has 1 saturated heterocycles. The minimum atomic E-state index is -0.864. The van der Waals surface area contributed by atoms with Crippen LogP contribution in [0, 0.1) is 5.41 Å². The molecular weight excluding hydrogens is 412 g/mol. The molecule has 1 aliphatic carbocycles. The predicted octanol–water partition coefficient (Wildman–Crippen LogP) is 4.13. The van der Waals surface area contributed by atoms with E-state index < -0.39 is 5.60 Å². The van der Waals surface area contributed by atoms with E-state index in [0.29, 0.717) is 31.8 Å². The molecule has 0 spiro atoms. The third kappa shape index (κ3) is 3.47. The summed E-state index contributed by atoms with van der Waals surface area (Å²) in [6.07, 6.45) is 5.04. The SMILES string of the molecule is O=C(N1CCC(O)(c2scnc2Br)CC1)C1(CCc2ccccc2)CC1. The molecule has 2 aromatic rings. The molecule has 138 valence electrons. The summed E-state index contributed by atoms with van der Waals surface area (Å²) in [4.78, 5) is 20.1. The fourth-order valence-corrected chi connectivity index (χ4v) is 5.65. The lowest BCUT2D eigenvalue weighted by atomic mass is 9.88. The molecule has 1 N–H and O–H groups in total. The number of hydrogen-bond donors (Lipinski definition) is 1. The zero-order valence-electron chi connectivity index (χ0n) is 14.7. The second-order valence-corrected chi connectivity index (χ2v) is 9.17. The summed E-state index contributed by atoms with van der Waals surface area (Å²) in [5.74, 6) is 0.291. The van der Waals surface area contributed by atoms with Crippen LogP contribution in [0.4, 0.5) is 0 Å². The van der Waals surface area contributed by atoms with Crippen LogP contribution in [0.2, 0.25) is 0 Å². The van der Waals surface area contributed by atoms with Gasteiger partial charge in [0.05, 0.1) is 10.4 Å². The fourth-order valence-electron chi connectivity index (χ4n) is 3.93. The number of aromatic nitrogens is 1. The Morgan fingerprint density at radius 2 is 1.88 bits per heavy atom. The zero-order chi connectivity index (χ0) is 18.2. The van der Waals surface area contributed by atoms with Gasteiger partial charge in [0, 0.05) is 18.5 Å². The molecule has 1 aromatic heterocycles. The van der Waals surface area contributed by atoms with Crippen molar-refractivity contribution < 1.29 is 9.90 Å². The number of amides is 1. The van der Waals surface area contributed by atoms with E-state index >= 15 is 0 Å². The van der Waals surface area contributed by atoms with Crippen LogP contribution in [-0.2, 0) is 16.8 Å². The van der Waals surface area contributed by atoms with E-state index in [9.17, 15) is 9.90 Å². The van der Waals surface area contributed by atoms with Crippen molar-refractivity contribution in [1.82, 2.24) is 9.88 Å². The maximum atomic E-state index is 13.1. The number of benzene rings is 1. The quantitative estimate of drug-likeness (QED) is 0.769. The summed E-state index contributed by atoms with van der Waals surface area (Å²) in [6, 6.07) is 10.4. The Balaban J connectivity index is 1.37. The van der Waals surface area contributed by atoms with Crippen LogP contribution in [0.1, 0.15) is 42.5 Å². The van der Waals surface area contributed by atoms with Gasteiger partial charge in [0.25, 0.3) is 0 Å². The lowest BCUT2D eigenvalue weighted by molar-refractivity contribution is -0.141. The summed E-state index contributed by atoms with van der Waals surface area (Å²) in [5, 5.41) is 11.0. The maximum Gasteiger partial charge on any atom is 0.228 e. The highest BCUT2D eigenvalue weighted by Gasteiger charge is 2.52. The van der Waals surface area contributed by atoms with Crippen molar-refractivity contribution in [3.05, 3.63) is 50.9 Å². The molecule has 4 nitrogen and oxygen atoms in total. The summed E-state index contributed by atoms with van der Waals surface area (Å²) in [7, 11) is 0. The number of nitrogens with zero attached hydrogens (tertiary/aromatic N) is 2. The number of likely N-dealkylation sites (tertiary alicyclic amines) is 1. The molecule has 2 fully saturated rings. The molecule has 26 heavy (non-hydrogen) atoms. The molecule has 0 bridgehead atoms. The molecule has 4 rings (SSSR count). The van der Waals surface area contributed by atoms with Crippen molar-refractivity contribution >= 4 is 33.2 Å². The molecular formula is C20H23BrN2O2S. The fraction of sp³-hybridized carbons (Fsp3) is 0.500. The first-order valence-corrected chi connectivity index (χ1v) is 10.8. The number of hydrogen-bond acceptors (Lipinski definition) is 4. The van der Waals surface area contributed by atoms with Crippen LogP contribution in [-0.4, -0.2) is 34.0 Å². The summed E-state index contributed by atoms with van der Waals surface area (Å²) in [5.41, 5.74) is 2.03. The minimum absolute atomic E-state index is 0.156. The van der Waals surface area contributed by atoms with E-state index in [2.05, 4.69) is 45.2 Å². The van der Waals surface area contributed by atoms with Crippen LogP contribution >= 0.6 is 27.3 Å². The average molecular weight is 435 g/mol. The van der Waals surface area contributed by atoms with E-state index in [4.69, 9.17) is 0 Å². The number of aryl methyl sites for hydroxylation is 1. The third-order valence-corrected chi connectivity index (χ3v) is 7.75. The van der Waals surface area contributed by atoms with Gasteiger partial charge in [0.2, 0.25) is 5.91 Å². The normalized spacial score (nSPS) is 20.8. The molecule has 1 aromatic carbocycles. The van der Waals surface area contributed by atoms with Gasteiger partial charge in [-0.05, 0) is 60.0 Å². The molecule has 6 heteroatoms. The van der Waals surface area contributed by atoms with Gasteiger partial charge in [-0.3, -0.25) is 4.79 Å². The Morgan fingerprint density at radius 3 is 2.46 bits per heavy atom. The van der Waals surface area contributed by atoms with E-state index in [0.717, 1.165) is 35.2 Å². The lowest BCUT2D eigenvalue weighted by Crippen LogP contribution is -2.47. The second-order valence-electron chi connectivity index (χ2n) is 7.56. The standard InChI is InChI=1S/C20H23BrN2O2S/c21-17-16(26-14-22-17)20(25)10-12-23(13-11-20)18(24)19(8-9-19)7-6-15-4-2-1-3-5-15/h1-5,14,25H,6-13H2. The van der Waals surface area contributed by atoms with Crippen molar-refractivity contribution in [2.24, 2.45) is 5.41 Å². The molecule has 2 heterocycles. The maximum absolute atomic E-state index is 13.1. The van der Waals surface area contributed by atoms with Gasteiger partial charge >= 0.3 is 0 Å². The number of halogens is 1. The van der Waals surface area contributed by atoms with Crippen molar-refractivity contribution in [3.63, 3.8) is 0 Å². The Labute approximate surface area is 166 Å². The molecule has 0 atom stereocenters. The number of rotatable bonds is 5. The van der Waals surface area contributed by atoms with Gasteiger partial charge < -0.3 is 10.0 Å². The van der Waals surface area contributed by atoms with Crippen LogP contribution in [0.25, 0.3) is 0 Å². The number of carbonyl (C=O) groups excluding carboxylic acids is 1. The predicted molar refractivity (Wildman–Crippen MR) is 106 cm³/mol. The van der Waals surface area contributed by atoms with Crippen LogP contribution in [0.15, 0.2) is 40.4 Å². The van der Waals surface area contributed by atoms with E-state index in [-0.39, 0.29) is 5.41 Å². The Kier molecular flexibility index (Phi) is 4.92. The van der Waals surface area contributed by atoms with Crippen LogP contribution < -0.4 is 0 Å². The highest BCUT2D eigenvalue weighted by atomic mass is 79.9. The Bertz CT molecular complexity index is 780. The Morgan fingerprint density at radius 1 is 1.19 bits per heavy atom. The summed E-state index contributed by atoms with van der Waals surface area (Å²) >= 11 is 4.90. The van der Waals surface area contributed by atoms with E-state index in [1.165, 1.54) is 16.9 Å². The van der Waals surface area contributed by atoms with Crippen LogP contribution in [0.5, 0.6) is 0 Å². The highest BCUT2D eigenvalue weighted by Crippen LogP contribution is 2.51. The number of thiazole rings is 1. The van der Waals surface area contributed by atoms with E-state index in [1.807, 2.05) is 11.0 Å². The van der Waals surface area contributed by atoms with E-state index in [1.54, 1.807) is 5.51 Å². The van der Waals surface area contributed by atoms with Gasteiger partial charge in [-0.1, -0.05) is 30.3 Å². The smallest absolute Gasteiger partial charge is 0.228 e. The first kappa shape index (κ1) is 18.1. The summed E-state index contributed by atoms with van der Waals surface area (Å²) in [6.45, 7) is 1.24. The number of carbonyl (C=O) groups is 1. The van der Waals surface area contributed by atoms with Crippen molar-refractivity contribution in [3.8, 4) is 0 Å². The first-order valence-electron chi connectivity index (χ1n) is 9.18. The lowest BCUT2D eigenvalue weighted by Gasteiger charge is -2.39. The van der Waals surface area contributed by atoms with Crippen LogP contribution in [0.3, 0.4) is 0 Å². The largest absolute Gasteiger partial charge is 0.384 e. The third-order valence-electron chi connectivity index (χ3n) is 5.87. The summed E-state index contributed by atoms with van der Waals surface area (Å²) < 4.78 is 0.728. The molecule has 1 aliphatic heterocycles. The van der Waals surface area contributed by atoms with Gasteiger partial charge in [-0.2, -0.15) is 0 Å². The Hall–Kier alpha value is -1.24. The second kappa shape index (κ2) is 7.06. The van der Waals surface area contributed by atoms with Crippen molar-refractivity contribution in [2.75, 3.05) is 13.1 Å². The van der Waals surface area contributed by atoms with Crippen molar-refractivity contribution in [1.29, 1.82) is 0 Å². The van der Waals surface area contributed by atoms with Gasteiger partial charge in [-0.15, -0.1) is 11.3 Å². The molecule has 1 amide bonds. The average Bonchev–Trinajstić information content (AvgIpc) is 3.33. The first-order chi connectivity index (χ1) is 12.5.